The Hall–Kier alpha value is -0.200. The molecule has 0 aliphatic rings. The second-order valence-electron chi connectivity index (χ2n) is 7.06. The molecule has 0 rings (SSSR count). The number of unbranched alkanes of at least 4 members (excludes halogenated alkanes) is 11. The fourth-order valence-electron chi connectivity index (χ4n) is 2.87. The minimum Gasteiger partial charge on any atom is -0.394 e. The molecule has 0 aliphatic carbocycles. The van der Waals surface area contributed by atoms with Gasteiger partial charge in [-0.15, -0.1) is 0 Å². The van der Waals surface area contributed by atoms with Crippen molar-refractivity contribution in [2.24, 2.45) is 0 Å². The van der Waals surface area contributed by atoms with Gasteiger partial charge in [0.15, 0.2) is 0 Å². The van der Waals surface area contributed by atoms with Crippen LogP contribution in [-0.2, 0) is 18.9 Å². The highest BCUT2D eigenvalue weighted by Gasteiger charge is 1.95. The maximum Gasteiger partial charge on any atom is 0.0701 e. The van der Waals surface area contributed by atoms with Crippen molar-refractivity contribution in [1.82, 2.24) is 0 Å². The van der Waals surface area contributed by atoms with Crippen LogP contribution >= 0.6 is 0 Å². The van der Waals surface area contributed by atoms with E-state index in [0.29, 0.717) is 46.2 Å². The first-order chi connectivity index (χ1) is 13.4. The van der Waals surface area contributed by atoms with Crippen molar-refractivity contribution in [3.05, 3.63) is 0 Å². The maximum atomic E-state index is 8.54. The summed E-state index contributed by atoms with van der Waals surface area (Å²) >= 11 is 0. The molecule has 0 saturated heterocycles. The van der Waals surface area contributed by atoms with Crippen molar-refractivity contribution in [2.75, 3.05) is 59.5 Å². The van der Waals surface area contributed by atoms with Gasteiger partial charge in [0.2, 0.25) is 0 Å². The minimum absolute atomic E-state index is 0.0579. The van der Waals surface area contributed by atoms with Crippen LogP contribution in [0.3, 0.4) is 0 Å². The second kappa shape index (κ2) is 25.8. The molecule has 0 unspecified atom stereocenters. The van der Waals surface area contributed by atoms with Crippen LogP contribution in [0.5, 0.6) is 0 Å². The third-order valence-electron chi connectivity index (χ3n) is 4.49. The molecular formula is C22H46O5. The fourth-order valence-corrected chi connectivity index (χ4v) is 2.87. The molecule has 0 saturated carbocycles. The topological polar surface area (TPSA) is 57.2 Å². The van der Waals surface area contributed by atoms with Gasteiger partial charge in [-0.05, 0) is 6.42 Å². The van der Waals surface area contributed by atoms with Crippen LogP contribution in [0.15, 0.2) is 0 Å². The molecule has 164 valence electrons. The Morgan fingerprint density at radius 3 is 1.15 bits per heavy atom. The summed E-state index contributed by atoms with van der Waals surface area (Å²) in [6, 6.07) is 0. The van der Waals surface area contributed by atoms with Gasteiger partial charge in [0.05, 0.1) is 52.9 Å². The molecular weight excluding hydrogens is 344 g/mol. The van der Waals surface area contributed by atoms with Crippen molar-refractivity contribution in [3.8, 4) is 0 Å². The van der Waals surface area contributed by atoms with Crippen LogP contribution in [0.2, 0.25) is 0 Å². The van der Waals surface area contributed by atoms with E-state index < -0.39 is 0 Å². The van der Waals surface area contributed by atoms with Gasteiger partial charge in [0.1, 0.15) is 0 Å². The van der Waals surface area contributed by atoms with E-state index in [9.17, 15) is 0 Å². The first kappa shape index (κ1) is 26.8. The fraction of sp³-hybridized carbons (Fsp3) is 1.00. The quantitative estimate of drug-likeness (QED) is 0.241. The highest BCUT2D eigenvalue weighted by molar-refractivity contribution is 4.48. The van der Waals surface area contributed by atoms with Gasteiger partial charge in [-0.1, -0.05) is 77.6 Å². The van der Waals surface area contributed by atoms with Crippen molar-refractivity contribution in [2.45, 2.75) is 84.0 Å². The molecule has 0 aromatic carbocycles. The number of aliphatic hydroxyl groups is 1. The third kappa shape index (κ3) is 25.8. The molecule has 5 nitrogen and oxygen atoms in total. The normalized spacial score (nSPS) is 11.3. The van der Waals surface area contributed by atoms with Gasteiger partial charge in [-0.2, -0.15) is 0 Å². The monoisotopic (exact) mass is 390 g/mol. The summed E-state index contributed by atoms with van der Waals surface area (Å²) in [5.74, 6) is 0. The van der Waals surface area contributed by atoms with E-state index in [1.54, 1.807) is 0 Å². The Morgan fingerprint density at radius 2 is 0.741 bits per heavy atom. The summed E-state index contributed by atoms with van der Waals surface area (Å²) in [7, 11) is 0. The molecule has 0 fully saturated rings. The largest absolute Gasteiger partial charge is 0.394 e. The van der Waals surface area contributed by atoms with Crippen LogP contribution < -0.4 is 0 Å². The van der Waals surface area contributed by atoms with Crippen LogP contribution in [0.4, 0.5) is 0 Å². The number of ether oxygens (including phenoxy) is 4. The highest BCUT2D eigenvalue weighted by atomic mass is 16.6. The minimum atomic E-state index is 0.0579. The Labute approximate surface area is 168 Å². The van der Waals surface area contributed by atoms with Gasteiger partial charge in [0.25, 0.3) is 0 Å². The van der Waals surface area contributed by atoms with Gasteiger partial charge >= 0.3 is 0 Å². The molecule has 1 N–H and O–H groups in total. The lowest BCUT2D eigenvalue weighted by Crippen LogP contribution is -2.12. The lowest BCUT2D eigenvalue weighted by molar-refractivity contribution is -0.00577. The van der Waals surface area contributed by atoms with E-state index in [0.717, 1.165) is 13.0 Å². The van der Waals surface area contributed by atoms with Crippen LogP contribution in [0, 0.1) is 0 Å². The first-order valence-corrected chi connectivity index (χ1v) is 11.3. The average Bonchev–Trinajstić information content (AvgIpc) is 2.68. The molecule has 0 atom stereocenters. The molecule has 0 aromatic rings. The second-order valence-corrected chi connectivity index (χ2v) is 7.06. The zero-order valence-electron chi connectivity index (χ0n) is 17.9. The van der Waals surface area contributed by atoms with Crippen molar-refractivity contribution in [1.29, 1.82) is 0 Å². The zero-order chi connectivity index (χ0) is 19.7. The smallest absolute Gasteiger partial charge is 0.0701 e. The Bertz CT molecular complexity index is 227. The van der Waals surface area contributed by atoms with E-state index in [4.69, 9.17) is 24.1 Å². The highest BCUT2D eigenvalue weighted by Crippen LogP contribution is 2.11. The molecule has 0 spiro atoms. The molecule has 0 heterocycles. The van der Waals surface area contributed by atoms with E-state index in [1.165, 1.54) is 70.6 Å². The molecule has 0 aromatic heterocycles. The summed E-state index contributed by atoms with van der Waals surface area (Å²) in [5, 5.41) is 8.54. The molecule has 0 radical (unpaired) electrons. The summed E-state index contributed by atoms with van der Waals surface area (Å²) in [5.41, 5.74) is 0. The van der Waals surface area contributed by atoms with Gasteiger partial charge in [0, 0.05) is 6.61 Å². The third-order valence-corrected chi connectivity index (χ3v) is 4.49. The molecule has 5 heteroatoms. The molecule has 0 amide bonds. The Kier molecular flexibility index (Phi) is 25.6. The Morgan fingerprint density at radius 1 is 0.407 bits per heavy atom. The number of aliphatic hydroxyl groups excluding tert-OH is 1. The first-order valence-electron chi connectivity index (χ1n) is 11.3. The maximum absolute atomic E-state index is 8.54. The van der Waals surface area contributed by atoms with E-state index in [2.05, 4.69) is 6.92 Å². The van der Waals surface area contributed by atoms with Crippen LogP contribution in [0.25, 0.3) is 0 Å². The van der Waals surface area contributed by atoms with Crippen molar-refractivity contribution in [3.63, 3.8) is 0 Å². The van der Waals surface area contributed by atoms with Gasteiger partial charge in [-0.25, -0.2) is 0 Å². The van der Waals surface area contributed by atoms with E-state index >= 15 is 0 Å². The summed E-state index contributed by atoms with van der Waals surface area (Å²) in [6.07, 6.45) is 16.4. The number of hydrogen-bond donors (Lipinski definition) is 1. The predicted molar refractivity (Wildman–Crippen MR) is 111 cm³/mol. The molecule has 27 heavy (non-hydrogen) atoms. The van der Waals surface area contributed by atoms with E-state index in [-0.39, 0.29) is 6.61 Å². The average molecular weight is 391 g/mol. The van der Waals surface area contributed by atoms with Crippen molar-refractivity contribution < 1.29 is 24.1 Å². The van der Waals surface area contributed by atoms with Crippen molar-refractivity contribution >= 4 is 0 Å². The lowest BCUT2D eigenvalue weighted by atomic mass is 10.1. The standard InChI is InChI=1S/C22H46O5/c1-2-3-4-5-6-7-8-9-10-11-12-13-15-24-17-19-26-21-22-27-20-18-25-16-14-23/h23H,2-22H2,1H3. The van der Waals surface area contributed by atoms with Crippen LogP contribution in [-0.4, -0.2) is 64.6 Å². The predicted octanol–water partition coefficient (Wildman–Crippen LogP) is 4.75. The summed E-state index contributed by atoms with van der Waals surface area (Å²) in [6.45, 7) is 7.06. The van der Waals surface area contributed by atoms with E-state index in [1.807, 2.05) is 0 Å². The zero-order valence-corrected chi connectivity index (χ0v) is 17.9. The lowest BCUT2D eigenvalue weighted by Gasteiger charge is -2.07. The summed E-state index contributed by atoms with van der Waals surface area (Å²) in [4.78, 5) is 0. The summed E-state index contributed by atoms with van der Waals surface area (Å²) < 4.78 is 21.5. The van der Waals surface area contributed by atoms with Gasteiger partial charge in [-0.3, -0.25) is 0 Å². The molecule has 0 aliphatic heterocycles. The molecule has 0 bridgehead atoms. The Balaban J connectivity index is 2.95. The number of rotatable bonds is 24. The number of hydrogen-bond acceptors (Lipinski definition) is 5. The SMILES string of the molecule is CCCCCCCCCCCCCCOCCOCCOCCOCCO. The van der Waals surface area contributed by atoms with Gasteiger partial charge < -0.3 is 24.1 Å². The van der Waals surface area contributed by atoms with Crippen LogP contribution in [0.1, 0.15) is 84.0 Å².